The van der Waals surface area contributed by atoms with Gasteiger partial charge < -0.3 is 15.3 Å². The molecule has 0 unspecified atom stereocenters. The van der Waals surface area contributed by atoms with E-state index in [0.717, 1.165) is 18.5 Å². The number of rotatable bonds is 7. The van der Waals surface area contributed by atoms with Crippen LogP contribution in [0, 0.1) is 0 Å². The van der Waals surface area contributed by atoms with Crippen LogP contribution in [-0.4, -0.2) is 45.3 Å². The molecular weight excluding hydrogens is 364 g/mol. The predicted octanol–water partition coefficient (Wildman–Crippen LogP) is 1.69. The number of benzene rings is 2. The van der Waals surface area contributed by atoms with Crippen LogP contribution in [0.3, 0.4) is 0 Å². The van der Waals surface area contributed by atoms with Crippen molar-refractivity contribution in [1.82, 2.24) is 5.32 Å². The number of sulfone groups is 1. The van der Waals surface area contributed by atoms with E-state index < -0.39 is 21.8 Å². The van der Waals surface area contributed by atoms with Gasteiger partial charge >= 0.3 is 0 Å². The molecular formula is C20H24N2O4S. The molecule has 0 saturated heterocycles. The van der Waals surface area contributed by atoms with Crippen LogP contribution in [0.1, 0.15) is 23.7 Å². The molecule has 3 rings (SSSR count). The first-order valence-corrected chi connectivity index (χ1v) is 10.6. The number of carbonyl (C=O) groups is 1. The molecule has 1 aliphatic heterocycles. The molecule has 0 aromatic heterocycles. The second-order valence-corrected chi connectivity index (χ2v) is 8.87. The van der Waals surface area contributed by atoms with E-state index in [-0.39, 0.29) is 23.6 Å². The Morgan fingerprint density at radius 3 is 2.70 bits per heavy atom. The molecule has 27 heavy (non-hydrogen) atoms. The van der Waals surface area contributed by atoms with Gasteiger partial charge in [0.05, 0.1) is 16.8 Å². The average Bonchev–Trinajstić information content (AvgIpc) is 3.05. The Morgan fingerprint density at radius 2 is 1.96 bits per heavy atom. The summed E-state index contributed by atoms with van der Waals surface area (Å²) in [4.78, 5) is 14.4. The van der Waals surface area contributed by atoms with Crippen LogP contribution in [0.15, 0.2) is 53.4 Å². The van der Waals surface area contributed by atoms with Gasteiger partial charge in [-0.25, -0.2) is 8.42 Å². The zero-order valence-corrected chi connectivity index (χ0v) is 16.1. The van der Waals surface area contributed by atoms with E-state index in [2.05, 4.69) is 10.2 Å². The second-order valence-electron chi connectivity index (χ2n) is 6.76. The molecule has 0 bridgehead atoms. The van der Waals surface area contributed by atoms with Gasteiger partial charge in [0.2, 0.25) is 5.91 Å². The lowest BCUT2D eigenvalue weighted by molar-refractivity contribution is -0.121. The molecule has 0 spiro atoms. The van der Waals surface area contributed by atoms with E-state index in [9.17, 15) is 18.3 Å². The van der Waals surface area contributed by atoms with Crippen LogP contribution in [0.5, 0.6) is 0 Å². The molecule has 1 aliphatic rings. The van der Waals surface area contributed by atoms with Gasteiger partial charge in [-0.15, -0.1) is 0 Å². The summed E-state index contributed by atoms with van der Waals surface area (Å²) in [6, 6.07) is 13.9. The van der Waals surface area contributed by atoms with Gasteiger partial charge in [-0.1, -0.05) is 30.3 Å². The fraction of sp³-hybridized carbons (Fsp3) is 0.350. The number of nitrogens with one attached hydrogen (secondary N) is 1. The first-order chi connectivity index (χ1) is 12.9. The van der Waals surface area contributed by atoms with Crippen molar-refractivity contribution in [2.75, 3.05) is 30.8 Å². The fourth-order valence-electron chi connectivity index (χ4n) is 3.18. The smallest absolute Gasteiger partial charge is 0.221 e. The number of aliphatic hydroxyl groups excluding tert-OH is 1. The standard InChI is InChI=1S/C20H24N2O4S/c1-22-11-9-15-13-16(7-8-18(15)22)19(23)14-21-20(24)10-12-27(25,26)17-5-3-2-4-6-17/h2-8,13,19,23H,9-12,14H2,1H3,(H,21,24)/t19-/m1/s1. The van der Waals surface area contributed by atoms with E-state index >= 15 is 0 Å². The summed E-state index contributed by atoms with van der Waals surface area (Å²) in [5, 5.41) is 12.9. The molecule has 2 aromatic rings. The molecule has 1 amide bonds. The van der Waals surface area contributed by atoms with Crippen molar-refractivity contribution in [2.24, 2.45) is 0 Å². The van der Waals surface area contributed by atoms with Crippen LogP contribution in [0.4, 0.5) is 5.69 Å². The normalized spacial score (nSPS) is 14.7. The van der Waals surface area contributed by atoms with Crippen molar-refractivity contribution in [3.05, 3.63) is 59.7 Å². The Labute approximate surface area is 159 Å². The summed E-state index contributed by atoms with van der Waals surface area (Å²) in [5.41, 5.74) is 3.11. The molecule has 6 nitrogen and oxygen atoms in total. The van der Waals surface area contributed by atoms with Crippen molar-refractivity contribution in [3.8, 4) is 0 Å². The third-order valence-corrected chi connectivity index (χ3v) is 6.54. The molecule has 2 N–H and O–H groups in total. The van der Waals surface area contributed by atoms with Gasteiger partial charge in [0.25, 0.3) is 0 Å². The van der Waals surface area contributed by atoms with E-state index in [1.54, 1.807) is 18.2 Å². The third kappa shape index (κ3) is 4.67. The summed E-state index contributed by atoms with van der Waals surface area (Å²) >= 11 is 0. The topological polar surface area (TPSA) is 86.7 Å². The van der Waals surface area contributed by atoms with Gasteiger partial charge in [0, 0.05) is 32.2 Å². The number of hydrogen-bond acceptors (Lipinski definition) is 5. The molecule has 144 valence electrons. The minimum Gasteiger partial charge on any atom is -0.387 e. The lowest BCUT2D eigenvalue weighted by atomic mass is 10.0. The quantitative estimate of drug-likeness (QED) is 0.754. The van der Waals surface area contributed by atoms with E-state index in [0.29, 0.717) is 0 Å². The maximum Gasteiger partial charge on any atom is 0.221 e. The number of aliphatic hydroxyl groups is 1. The Kier molecular flexibility index (Phi) is 5.82. The Bertz CT molecular complexity index is 913. The molecule has 1 atom stereocenters. The number of nitrogens with zero attached hydrogens (tertiary/aromatic N) is 1. The second kappa shape index (κ2) is 8.10. The van der Waals surface area contributed by atoms with Crippen molar-refractivity contribution in [2.45, 2.75) is 23.8 Å². The molecule has 2 aromatic carbocycles. The number of anilines is 1. The maximum atomic E-state index is 12.2. The summed E-state index contributed by atoms with van der Waals surface area (Å²) < 4.78 is 24.4. The number of amides is 1. The fourth-order valence-corrected chi connectivity index (χ4v) is 4.45. The van der Waals surface area contributed by atoms with Gasteiger partial charge in [0.15, 0.2) is 9.84 Å². The first-order valence-electron chi connectivity index (χ1n) is 8.93. The highest BCUT2D eigenvalue weighted by Gasteiger charge is 2.19. The molecule has 0 saturated carbocycles. The SMILES string of the molecule is CN1CCc2cc([C@H](O)CNC(=O)CCS(=O)(=O)c3ccccc3)ccc21. The highest BCUT2D eigenvalue weighted by Crippen LogP contribution is 2.29. The first kappa shape index (κ1) is 19.4. The summed E-state index contributed by atoms with van der Waals surface area (Å²) in [5.74, 6) is -0.654. The van der Waals surface area contributed by atoms with Gasteiger partial charge in [0.1, 0.15) is 0 Å². The Morgan fingerprint density at radius 1 is 1.22 bits per heavy atom. The molecule has 1 heterocycles. The molecule has 0 fully saturated rings. The lowest BCUT2D eigenvalue weighted by Crippen LogP contribution is -2.29. The monoisotopic (exact) mass is 388 g/mol. The van der Waals surface area contributed by atoms with Crippen molar-refractivity contribution in [3.63, 3.8) is 0 Å². The number of carbonyl (C=O) groups excluding carboxylic acids is 1. The highest BCUT2D eigenvalue weighted by molar-refractivity contribution is 7.91. The Balaban J connectivity index is 1.51. The average molecular weight is 388 g/mol. The van der Waals surface area contributed by atoms with E-state index in [4.69, 9.17) is 0 Å². The summed E-state index contributed by atoms with van der Waals surface area (Å²) in [7, 11) is -1.45. The minimum absolute atomic E-state index is 0.0544. The van der Waals surface area contributed by atoms with Crippen LogP contribution in [-0.2, 0) is 21.1 Å². The third-order valence-electron chi connectivity index (χ3n) is 4.81. The van der Waals surface area contributed by atoms with E-state index in [1.165, 1.54) is 23.4 Å². The number of hydrogen-bond donors (Lipinski definition) is 2. The molecule has 0 aliphatic carbocycles. The summed E-state index contributed by atoms with van der Waals surface area (Å²) in [6.45, 7) is 1.01. The highest BCUT2D eigenvalue weighted by atomic mass is 32.2. The zero-order valence-electron chi connectivity index (χ0n) is 15.3. The van der Waals surface area contributed by atoms with Crippen molar-refractivity contribution in [1.29, 1.82) is 0 Å². The molecule has 0 radical (unpaired) electrons. The van der Waals surface area contributed by atoms with Crippen molar-refractivity contribution < 1.29 is 18.3 Å². The van der Waals surface area contributed by atoms with Gasteiger partial charge in [-0.3, -0.25) is 4.79 Å². The number of likely N-dealkylation sites (N-methyl/N-ethyl adjacent to an activating group) is 1. The van der Waals surface area contributed by atoms with Gasteiger partial charge in [-0.05, 0) is 35.7 Å². The van der Waals surface area contributed by atoms with Crippen LogP contribution in [0.2, 0.25) is 0 Å². The van der Waals surface area contributed by atoms with E-state index in [1.807, 2.05) is 25.2 Å². The van der Waals surface area contributed by atoms with Gasteiger partial charge in [-0.2, -0.15) is 0 Å². The number of fused-ring (bicyclic) bond motifs is 1. The largest absolute Gasteiger partial charge is 0.387 e. The Hall–Kier alpha value is -2.38. The van der Waals surface area contributed by atoms with Crippen LogP contribution < -0.4 is 10.2 Å². The van der Waals surface area contributed by atoms with Crippen LogP contribution in [0.25, 0.3) is 0 Å². The maximum absolute atomic E-state index is 12.2. The molecule has 7 heteroatoms. The summed E-state index contributed by atoms with van der Waals surface area (Å²) in [6.07, 6.45) is -0.0226. The van der Waals surface area contributed by atoms with Crippen LogP contribution >= 0.6 is 0 Å². The predicted molar refractivity (Wildman–Crippen MR) is 104 cm³/mol. The lowest BCUT2D eigenvalue weighted by Gasteiger charge is -2.15. The van der Waals surface area contributed by atoms with Crippen molar-refractivity contribution >= 4 is 21.4 Å². The minimum atomic E-state index is -3.49. The zero-order chi connectivity index (χ0) is 19.4.